The molecule has 2 aromatic rings. The number of nitrogens with zero attached hydrogens (tertiary/aromatic N) is 3. The lowest BCUT2D eigenvalue weighted by Gasteiger charge is -2.39. The molecule has 0 aliphatic carbocycles. The number of carbonyl (C=O) groups is 1. The second-order valence-electron chi connectivity index (χ2n) is 9.84. The first-order chi connectivity index (χ1) is 17.4. The Kier molecular flexibility index (Phi) is 9.55. The summed E-state index contributed by atoms with van der Waals surface area (Å²) >= 11 is 1.71. The van der Waals surface area contributed by atoms with Crippen molar-refractivity contribution in [2.45, 2.75) is 57.9 Å². The maximum absolute atomic E-state index is 14.0. The number of fused-ring (bicyclic) bond motifs is 1. The van der Waals surface area contributed by atoms with Gasteiger partial charge in [-0.25, -0.2) is 12.8 Å². The smallest absolute Gasteiger partial charge is 0.236 e. The minimum atomic E-state index is -3.28. The number of benzene rings is 1. The highest BCUT2D eigenvalue weighted by molar-refractivity contribution is 7.89. The topological polar surface area (TPSA) is 60.9 Å². The van der Waals surface area contributed by atoms with E-state index < -0.39 is 10.0 Å². The Hall–Kier alpha value is -1.81. The van der Waals surface area contributed by atoms with Crippen LogP contribution in [0.1, 0.15) is 67.5 Å². The van der Waals surface area contributed by atoms with Crippen LogP contribution in [0.3, 0.4) is 0 Å². The number of piperazine rings is 1. The highest BCUT2D eigenvalue weighted by atomic mass is 32.2. The largest absolute Gasteiger partial charge is 0.339 e. The number of carbonyl (C=O) groups excluding carboxylic acids is 1. The molecule has 0 bridgehead atoms. The minimum absolute atomic E-state index is 0.00283. The summed E-state index contributed by atoms with van der Waals surface area (Å²) in [5.41, 5.74) is 2.00. The number of hydrogen-bond donors (Lipinski definition) is 0. The number of hydrogen-bond acceptors (Lipinski definition) is 5. The van der Waals surface area contributed by atoms with E-state index in [4.69, 9.17) is 0 Å². The molecule has 3 heterocycles. The number of sulfonamides is 1. The zero-order chi connectivity index (χ0) is 25.5. The molecule has 198 valence electrons. The van der Waals surface area contributed by atoms with Crippen molar-refractivity contribution in [2.24, 2.45) is 0 Å². The summed E-state index contributed by atoms with van der Waals surface area (Å²) < 4.78 is 41.1. The number of rotatable bonds is 11. The van der Waals surface area contributed by atoms with Gasteiger partial charge in [-0.1, -0.05) is 51.2 Å². The average molecular weight is 536 g/mol. The van der Waals surface area contributed by atoms with Crippen LogP contribution in [0.2, 0.25) is 0 Å². The maximum atomic E-state index is 14.0. The fourth-order valence-corrected chi connectivity index (χ4v) is 7.74. The Morgan fingerprint density at radius 1 is 1.03 bits per heavy atom. The zero-order valence-electron chi connectivity index (χ0n) is 21.2. The lowest BCUT2D eigenvalue weighted by Crippen LogP contribution is -2.53. The monoisotopic (exact) mass is 535 g/mol. The Labute approximate surface area is 219 Å². The second-order valence-corrected chi connectivity index (χ2v) is 12.9. The molecular weight excluding hydrogens is 497 g/mol. The summed E-state index contributed by atoms with van der Waals surface area (Å²) in [7, 11) is -3.28. The van der Waals surface area contributed by atoms with Crippen LogP contribution in [0.4, 0.5) is 4.39 Å². The summed E-state index contributed by atoms with van der Waals surface area (Å²) in [5, 5.41) is 2.06. The van der Waals surface area contributed by atoms with E-state index in [-0.39, 0.29) is 30.1 Å². The van der Waals surface area contributed by atoms with Crippen LogP contribution in [0, 0.1) is 5.82 Å². The van der Waals surface area contributed by atoms with E-state index in [2.05, 4.69) is 23.3 Å². The Bertz CT molecular complexity index is 1110. The van der Waals surface area contributed by atoms with E-state index in [9.17, 15) is 17.6 Å². The maximum Gasteiger partial charge on any atom is 0.236 e. The number of amides is 1. The van der Waals surface area contributed by atoms with Gasteiger partial charge in [0, 0.05) is 37.6 Å². The lowest BCUT2D eigenvalue weighted by molar-refractivity contribution is -0.134. The molecule has 36 heavy (non-hydrogen) atoms. The van der Waals surface area contributed by atoms with Crippen molar-refractivity contribution in [3.63, 3.8) is 0 Å². The summed E-state index contributed by atoms with van der Waals surface area (Å²) in [4.78, 5) is 18.5. The van der Waals surface area contributed by atoms with Gasteiger partial charge in [0.1, 0.15) is 5.82 Å². The standard InChI is InChI=1S/C27H38FN3O3S2/c1-2-3-4-5-6-7-19-36(33,34)31-16-14-29(15-17-31)26(32)21-30-13-11-25-24(12-18-35-25)27(30)22-9-8-10-23(28)20-22/h8-10,12,18,20,27H,2-7,11,13-17,19,21H2,1H3. The van der Waals surface area contributed by atoms with Gasteiger partial charge in [0.25, 0.3) is 0 Å². The Morgan fingerprint density at radius 2 is 1.78 bits per heavy atom. The highest BCUT2D eigenvalue weighted by Crippen LogP contribution is 2.37. The van der Waals surface area contributed by atoms with Crippen molar-refractivity contribution < 1.29 is 17.6 Å². The molecule has 1 atom stereocenters. The van der Waals surface area contributed by atoms with Gasteiger partial charge in [0.2, 0.25) is 15.9 Å². The molecule has 2 aliphatic heterocycles. The van der Waals surface area contributed by atoms with Crippen molar-refractivity contribution in [3.05, 3.63) is 57.5 Å². The molecule has 1 fully saturated rings. The molecule has 1 aromatic heterocycles. The summed E-state index contributed by atoms with van der Waals surface area (Å²) in [6, 6.07) is 8.57. The summed E-state index contributed by atoms with van der Waals surface area (Å²) in [5.74, 6) is -0.0819. The van der Waals surface area contributed by atoms with Gasteiger partial charge in [-0.2, -0.15) is 4.31 Å². The van der Waals surface area contributed by atoms with Gasteiger partial charge in [0.05, 0.1) is 18.3 Å². The predicted molar refractivity (Wildman–Crippen MR) is 143 cm³/mol. The van der Waals surface area contributed by atoms with Crippen molar-refractivity contribution in [1.29, 1.82) is 0 Å². The van der Waals surface area contributed by atoms with Crippen LogP contribution in [0.15, 0.2) is 35.7 Å². The Morgan fingerprint density at radius 3 is 2.53 bits per heavy atom. The first-order valence-electron chi connectivity index (χ1n) is 13.2. The molecule has 2 aliphatic rings. The van der Waals surface area contributed by atoms with Gasteiger partial charge >= 0.3 is 0 Å². The summed E-state index contributed by atoms with van der Waals surface area (Å²) in [6.07, 6.45) is 7.17. The van der Waals surface area contributed by atoms with Crippen molar-refractivity contribution in [1.82, 2.24) is 14.1 Å². The van der Waals surface area contributed by atoms with Crippen LogP contribution in [0.25, 0.3) is 0 Å². The molecule has 0 saturated carbocycles. The molecule has 0 spiro atoms. The van der Waals surface area contributed by atoms with Gasteiger partial charge < -0.3 is 4.90 Å². The van der Waals surface area contributed by atoms with E-state index in [0.29, 0.717) is 32.6 Å². The molecule has 9 heteroatoms. The third kappa shape index (κ3) is 6.73. The molecule has 0 radical (unpaired) electrons. The summed E-state index contributed by atoms with van der Waals surface area (Å²) in [6.45, 7) is 4.67. The van der Waals surface area contributed by atoms with Crippen LogP contribution < -0.4 is 0 Å². The van der Waals surface area contributed by atoms with Crippen LogP contribution in [-0.4, -0.2) is 73.5 Å². The Balaban J connectivity index is 1.32. The normalized spacial score (nSPS) is 19.4. The molecular formula is C27H38FN3O3S2. The van der Waals surface area contributed by atoms with Crippen molar-refractivity contribution in [3.8, 4) is 0 Å². The molecule has 4 rings (SSSR count). The van der Waals surface area contributed by atoms with E-state index in [1.165, 1.54) is 30.2 Å². The van der Waals surface area contributed by atoms with Crippen LogP contribution >= 0.6 is 11.3 Å². The molecule has 1 aromatic carbocycles. The van der Waals surface area contributed by atoms with Crippen molar-refractivity contribution >= 4 is 27.3 Å². The second kappa shape index (κ2) is 12.6. The first kappa shape index (κ1) is 27.2. The number of unbranched alkanes of at least 4 members (excludes halogenated alkanes) is 5. The SMILES string of the molecule is CCCCCCCCS(=O)(=O)N1CCN(C(=O)CN2CCc3sccc3C2c2cccc(F)c2)CC1. The minimum Gasteiger partial charge on any atom is -0.339 e. The van der Waals surface area contributed by atoms with Gasteiger partial charge in [-0.05, 0) is 47.5 Å². The number of halogens is 1. The zero-order valence-corrected chi connectivity index (χ0v) is 22.8. The van der Waals surface area contributed by atoms with Gasteiger partial charge in [-0.15, -0.1) is 11.3 Å². The van der Waals surface area contributed by atoms with Crippen molar-refractivity contribution in [2.75, 3.05) is 45.0 Å². The van der Waals surface area contributed by atoms with E-state index in [1.54, 1.807) is 32.7 Å². The van der Waals surface area contributed by atoms with E-state index in [1.807, 2.05) is 6.07 Å². The quantitative estimate of drug-likeness (QED) is 0.393. The lowest BCUT2D eigenvalue weighted by atomic mass is 9.93. The number of thiophene rings is 1. The van der Waals surface area contributed by atoms with Gasteiger partial charge in [0.15, 0.2) is 0 Å². The fourth-order valence-electron chi connectivity index (χ4n) is 5.29. The highest BCUT2D eigenvalue weighted by Gasteiger charge is 2.34. The van der Waals surface area contributed by atoms with Crippen LogP contribution in [-0.2, 0) is 21.2 Å². The molecule has 1 unspecified atom stereocenters. The van der Waals surface area contributed by atoms with E-state index in [0.717, 1.165) is 36.9 Å². The van der Waals surface area contributed by atoms with Crippen LogP contribution in [0.5, 0.6) is 0 Å². The average Bonchev–Trinajstić information content (AvgIpc) is 3.35. The molecule has 0 N–H and O–H groups in total. The third-order valence-corrected chi connectivity index (χ3v) is 10.3. The van der Waals surface area contributed by atoms with Gasteiger partial charge in [-0.3, -0.25) is 9.69 Å². The predicted octanol–water partition coefficient (Wildman–Crippen LogP) is 4.67. The molecule has 6 nitrogen and oxygen atoms in total. The molecule has 1 amide bonds. The third-order valence-electron chi connectivity index (χ3n) is 7.31. The van der Waals surface area contributed by atoms with E-state index >= 15 is 0 Å². The fraction of sp³-hybridized carbons (Fsp3) is 0.593. The first-order valence-corrected chi connectivity index (χ1v) is 15.7. The molecule has 1 saturated heterocycles.